The van der Waals surface area contributed by atoms with Gasteiger partial charge in [0.05, 0.1) is 16.5 Å². The van der Waals surface area contributed by atoms with E-state index in [-0.39, 0.29) is 42.0 Å². The number of urea groups is 1. The number of carbonyl (C=O) groups is 2. The molecule has 2 aromatic carbocycles. The molecule has 0 saturated carbocycles. The van der Waals surface area contributed by atoms with Gasteiger partial charge in [-0.2, -0.15) is 0 Å². The molecule has 13 heteroatoms. The SMILES string of the molecule is CC1=C(C(=O)O)C(c2cccc([N+](=O)[O-])c2)N(CCCNCS(=O)(=O)c2ccccc2F)C(=O)N1. The second-order valence-electron chi connectivity index (χ2n) is 7.77. The van der Waals surface area contributed by atoms with Crippen LogP contribution < -0.4 is 10.6 Å². The smallest absolute Gasteiger partial charge is 0.335 e. The molecular formula is C22H23FN4O7S. The molecule has 1 atom stereocenters. The van der Waals surface area contributed by atoms with Crippen LogP contribution in [0.1, 0.15) is 24.9 Å². The summed E-state index contributed by atoms with van der Waals surface area (Å²) in [5, 5.41) is 26.2. The standard InChI is InChI=1S/C22H23FN4O7S/c1-14-19(21(28)29)20(15-6-4-7-16(12-15)27(31)32)26(22(30)25-14)11-5-10-24-13-35(33,34)18-9-3-2-8-17(18)23/h2-4,6-9,12,20,24H,5,10-11,13H2,1H3,(H,25,30)(H,28,29). The first-order valence-electron chi connectivity index (χ1n) is 10.5. The van der Waals surface area contributed by atoms with Gasteiger partial charge in [0.15, 0.2) is 9.84 Å². The molecule has 35 heavy (non-hydrogen) atoms. The van der Waals surface area contributed by atoms with Crippen molar-refractivity contribution in [2.45, 2.75) is 24.3 Å². The molecule has 0 spiro atoms. The Morgan fingerprint density at radius 3 is 2.63 bits per heavy atom. The van der Waals surface area contributed by atoms with Crippen LogP contribution in [0, 0.1) is 15.9 Å². The Hall–Kier alpha value is -3.84. The maximum absolute atomic E-state index is 13.8. The van der Waals surface area contributed by atoms with Crippen molar-refractivity contribution in [3.05, 3.63) is 81.3 Å². The molecule has 0 fully saturated rings. The summed E-state index contributed by atoms with van der Waals surface area (Å²) in [5.41, 5.74) is -0.0266. The number of allylic oxidation sites excluding steroid dienone is 1. The average molecular weight is 507 g/mol. The fourth-order valence-electron chi connectivity index (χ4n) is 3.80. The first-order valence-corrected chi connectivity index (χ1v) is 12.1. The van der Waals surface area contributed by atoms with Crippen LogP contribution in [0.2, 0.25) is 0 Å². The second kappa shape index (κ2) is 10.6. The van der Waals surface area contributed by atoms with Gasteiger partial charge in [0.2, 0.25) is 0 Å². The predicted octanol–water partition coefficient (Wildman–Crippen LogP) is 2.57. The third kappa shape index (κ3) is 5.81. The number of halogens is 1. The minimum atomic E-state index is -3.93. The number of hydrogen-bond donors (Lipinski definition) is 3. The number of carboxylic acids is 1. The Morgan fingerprint density at radius 2 is 1.97 bits per heavy atom. The number of nitrogens with one attached hydrogen (secondary N) is 2. The predicted molar refractivity (Wildman–Crippen MR) is 122 cm³/mol. The highest BCUT2D eigenvalue weighted by atomic mass is 32.2. The molecule has 3 N–H and O–H groups in total. The van der Waals surface area contributed by atoms with Crippen molar-refractivity contribution in [2.24, 2.45) is 0 Å². The van der Waals surface area contributed by atoms with Crippen LogP contribution in [-0.2, 0) is 14.6 Å². The quantitative estimate of drug-likeness (QED) is 0.252. The third-order valence-corrected chi connectivity index (χ3v) is 6.97. The lowest BCUT2D eigenvalue weighted by Gasteiger charge is -2.37. The summed E-state index contributed by atoms with van der Waals surface area (Å²) >= 11 is 0. The van der Waals surface area contributed by atoms with Crippen LogP contribution in [-0.4, -0.2) is 54.3 Å². The average Bonchev–Trinajstić information content (AvgIpc) is 2.79. The van der Waals surface area contributed by atoms with Gasteiger partial charge in [-0.3, -0.25) is 10.1 Å². The lowest BCUT2D eigenvalue weighted by molar-refractivity contribution is -0.384. The molecule has 1 aliphatic rings. The fourth-order valence-corrected chi connectivity index (χ4v) is 5.02. The number of nitro groups is 1. The summed E-state index contributed by atoms with van der Waals surface area (Å²) in [5.74, 6) is -2.69. The molecule has 0 bridgehead atoms. The molecule has 1 unspecified atom stereocenters. The van der Waals surface area contributed by atoms with Crippen molar-refractivity contribution in [1.82, 2.24) is 15.5 Å². The van der Waals surface area contributed by atoms with Crippen molar-refractivity contribution < 1.29 is 32.4 Å². The van der Waals surface area contributed by atoms with E-state index in [9.17, 15) is 37.6 Å². The maximum Gasteiger partial charge on any atom is 0.335 e. The van der Waals surface area contributed by atoms with Gasteiger partial charge in [0.1, 0.15) is 16.6 Å². The summed E-state index contributed by atoms with van der Waals surface area (Å²) in [6.45, 7) is 1.55. The molecule has 3 rings (SSSR count). The number of rotatable bonds is 10. The first kappa shape index (κ1) is 25.8. The molecule has 1 aliphatic heterocycles. The number of non-ortho nitro benzene ring substituents is 1. The van der Waals surface area contributed by atoms with E-state index < -0.39 is 49.4 Å². The summed E-state index contributed by atoms with van der Waals surface area (Å²) in [6.07, 6.45) is 0.220. The van der Waals surface area contributed by atoms with Gasteiger partial charge in [0.25, 0.3) is 5.69 Å². The number of benzene rings is 2. The topological polar surface area (TPSA) is 159 Å². The normalized spacial score (nSPS) is 16.2. The fraction of sp³-hybridized carbons (Fsp3) is 0.273. The summed E-state index contributed by atoms with van der Waals surface area (Å²) in [7, 11) is -3.93. The van der Waals surface area contributed by atoms with Crippen LogP contribution >= 0.6 is 0 Å². The van der Waals surface area contributed by atoms with Crippen LogP contribution in [0.5, 0.6) is 0 Å². The zero-order chi connectivity index (χ0) is 25.8. The maximum atomic E-state index is 13.8. The molecule has 0 radical (unpaired) electrons. The number of carbonyl (C=O) groups excluding carboxylic acids is 1. The number of carboxylic acid groups (broad SMARTS) is 1. The first-order chi connectivity index (χ1) is 16.5. The van der Waals surface area contributed by atoms with Crippen molar-refractivity contribution in [1.29, 1.82) is 0 Å². The molecular weight excluding hydrogens is 483 g/mol. The van der Waals surface area contributed by atoms with E-state index in [0.717, 1.165) is 12.1 Å². The van der Waals surface area contributed by atoms with Gasteiger partial charge in [-0.1, -0.05) is 24.3 Å². The lowest BCUT2D eigenvalue weighted by Crippen LogP contribution is -2.49. The second-order valence-corrected chi connectivity index (χ2v) is 9.72. The molecule has 186 valence electrons. The van der Waals surface area contributed by atoms with Crippen molar-refractivity contribution in [3.8, 4) is 0 Å². The van der Waals surface area contributed by atoms with Gasteiger partial charge in [-0.25, -0.2) is 22.4 Å². The Kier molecular flexibility index (Phi) is 7.82. The van der Waals surface area contributed by atoms with Crippen LogP contribution in [0.25, 0.3) is 0 Å². The van der Waals surface area contributed by atoms with Crippen LogP contribution in [0.15, 0.2) is 64.7 Å². The monoisotopic (exact) mass is 506 g/mol. The number of nitrogens with zero attached hydrogens (tertiary/aromatic N) is 2. The van der Waals surface area contributed by atoms with E-state index in [0.29, 0.717) is 0 Å². The number of amides is 2. The van der Waals surface area contributed by atoms with Gasteiger partial charge in [-0.05, 0) is 37.6 Å². The van der Waals surface area contributed by atoms with E-state index in [1.807, 2.05) is 0 Å². The minimum absolute atomic E-state index is 0.00992. The van der Waals surface area contributed by atoms with E-state index >= 15 is 0 Å². The molecule has 0 saturated heterocycles. The highest BCUT2D eigenvalue weighted by molar-refractivity contribution is 7.91. The zero-order valence-electron chi connectivity index (χ0n) is 18.6. The number of aliphatic carboxylic acids is 1. The molecule has 2 amide bonds. The third-order valence-electron chi connectivity index (χ3n) is 5.39. The Morgan fingerprint density at radius 1 is 1.26 bits per heavy atom. The van der Waals surface area contributed by atoms with Crippen molar-refractivity contribution >= 4 is 27.5 Å². The summed E-state index contributed by atoms with van der Waals surface area (Å²) in [6, 6.07) is 8.69. The van der Waals surface area contributed by atoms with E-state index in [2.05, 4.69) is 10.6 Å². The summed E-state index contributed by atoms with van der Waals surface area (Å²) < 4.78 is 38.5. The Balaban J connectivity index is 1.75. The molecule has 0 aliphatic carbocycles. The Labute approximate surface area is 200 Å². The largest absolute Gasteiger partial charge is 0.478 e. The van der Waals surface area contributed by atoms with Crippen LogP contribution in [0.3, 0.4) is 0 Å². The number of nitro benzene ring substituents is 1. The zero-order valence-corrected chi connectivity index (χ0v) is 19.4. The lowest BCUT2D eigenvalue weighted by atomic mass is 9.93. The van der Waals surface area contributed by atoms with E-state index in [1.54, 1.807) is 0 Å². The van der Waals surface area contributed by atoms with Crippen LogP contribution in [0.4, 0.5) is 14.9 Å². The summed E-state index contributed by atoms with van der Waals surface area (Å²) in [4.78, 5) is 36.1. The Bertz CT molecular complexity index is 1300. The number of sulfone groups is 1. The highest BCUT2D eigenvalue weighted by Gasteiger charge is 2.38. The minimum Gasteiger partial charge on any atom is -0.478 e. The van der Waals surface area contributed by atoms with Gasteiger partial charge in [-0.15, -0.1) is 0 Å². The van der Waals surface area contributed by atoms with E-state index in [4.69, 9.17) is 0 Å². The highest BCUT2D eigenvalue weighted by Crippen LogP contribution is 2.35. The van der Waals surface area contributed by atoms with E-state index in [1.165, 1.54) is 48.2 Å². The molecule has 0 aromatic heterocycles. The van der Waals surface area contributed by atoms with Crippen molar-refractivity contribution in [2.75, 3.05) is 19.0 Å². The molecule has 1 heterocycles. The van der Waals surface area contributed by atoms with Gasteiger partial charge in [0, 0.05) is 24.4 Å². The number of hydrogen-bond acceptors (Lipinski definition) is 7. The van der Waals surface area contributed by atoms with Gasteiger partial charge < -0.3 is 20.6 Å². The molecule has 11 nitrogen and oxygen atoms in total. The van der Waals surface area contributed by atoms with Gasteiger partial charge >= 0.3 is 12.0 Å². The molecule has 2 aromatic rings. The van der Waals surface area contributed by atoms with Crippen molar-refractivity contribution in [3.63, 3.8) is 0 Å².